The van der Waals surface area contributed by atoms with Crippen molar-refractivity contribution in [1.82, 2.24) is 0 Å². The van der Waals surface area contributed by atoms with Crippen LogP contribution >= 0.6 is 88.5 Å². The highest BCUT2D eigenvalue weighted by Crippen LogP contribution is 2.52. The summed E-state index contributed by atoms with van der Waals surface area (Å²) in [6.45, 7) is 8.50. The molecule has 3 aromatic heterocycles. The molecule has 24 rings (SSSR count). The van der Waals surface area contributed by atoms with Crippen LogP contribution in [-0.2, 0) is 9.47 Å². The molecule has 0 unspecified atom stereocenters. The Morgan fingerprint density at radius 3 is 0.947 bits per heavy atom. The standard InChI is InChI=1S/C42H27BOS.C31H28O2S.C30H19BrS.C12H10O.C6H4BrI/c1-2-13-28(14-3-1)29-15-10-16-30(27-29)31-18-11-20-34-35-21-12-19-33(42(35)45-41(31)34)32-17-4-5-22-36(32)43-37-23-6-8-25-39(37)44-40-26-9-7-24-38(40)43;1-30(2)31(3,4)33-29(32-30)26-18-10-17-25-24-16-9-15-23(27(24)34-28(25)26)22-14-8-13-21(19-22)20-11-6-5-7-12-20;31-28-18-5-4-13-24(28)25-15-8-17-27-26-16-7-14-23(29(26)32-30(25)27)22-12-6-11-21(19-22)20-9-2-1-3-10-20;1-3-7-11(8-4-1)13-12-9-5-2-6-10-12;7-5-3-1-2-4-6(5)8/h1-27H;5-19,29H,1-4H3;1-19H;1-10H;1-4H. The van der Waals surface area contributed by atoms with Crippen LogP contribution in [0.2, 0.25) is 0 Å². The van der Waals surface area contributed by atoms with Crippen molar-refractivity contribution in [3.8, 4) is 112 Å². The van der Waals surface area contributed by atoms with Crippen molar-refractivity contribution < 1.29 is 18.9 Å². The van der Waals surface area contributed by atoms with Crippen molar-refractivity contribution in [3.63, 3.8) is 0 Å². The summed E-state index contributed by atoms with van der Waals surface area (Å²) in [5, 5.41) is 7.78. The molecule has 1 fully saturated rings. The predicted octanol–water partition coefficient (Wildman–Crippen LogP) is 35.0. The number of benzene rings is 19. The van der Waals surface area contributed by atoms with Crippen molar-refractivity contribution in [1.29, 1.82) is 0 Å². The van der Waals surface area contributed by atoms with Crippen LogP contribution in [0.3, 0.4) is 0 Å². The van der Waals surface area contributed by atoms with Gasteiger partial charge in [0.1, 0.15) is 23.0 Å². The second-order valence-electron chi connectivity index (χ2n) is 33.7. The van der Waals surface area contributed by atoms with Crippen LogP contribution < -0.4 is 25.9 Å². The molecule has 0 N–H and O–H groups in total. The van der Waals surface area contributed by atoms with E-state index < -0.39 is 0 Å². The van der Waals surface area contributed by atoms with Crippen LogP contribution in [0.1, 0.15) is 39.5 Å². The minimum atomic E-state index is -0.369. The molecule has 19 aromatic carbocycles. The van der Waals surface area contributed by atoms with Crippen molar-refractivity contribution in [2.45, 2.75) is 45.2 Å². The minimum absolute atomic E-state index is 0.0725. The maximum atomic E-state index is 6.42. The molecule has 4 nitrogen and oxygen atoms in total. The first-order valence-electron chi connectivity index (χ1n) is 44.3. The Morgan fingerprint density at radius 2 is 0.545 bits per heavy atom. The molecule has 0 radical (unpaired) electrons. The van der Waals surface area contributed by atoms with Gasteiger partial charge in [-0.25, -0.2) is 0 Å². The number of rotatable bonds is 12. The highest BCUT2D eigenvalue weighted by atomic mass is 127. The van der Waals surface area contributed by atoms with Crippen molar-refractivity contribution in [3.05, 3.63) is 473 Å². The van der Waals surface area contributed by atoms with Crippen LogP contribution in [0.15, 0.2) is 464 Å². The summed E-state index contributed by atoms with van der Waals surface area (Å²) in [7, 11) is 0. The zero-order valence-electron chi connectivity index (χ0n) is 72.9. The fourth-order valence-corrected chi connectivity index (χ4v) is 23.0. The van der Waals surface area contributed by atoms with E-state index in [1.807, 2.05) is 113 Å². The first-order chi connectivity index (χ1) is 64.7. The van der Waals surface area contributed by atoms with E-state index in [2.05, 4.69) is 458 Å². The van der Waals surface area contributed by atoms with Crippen LogP contribution in [0.5, 0.6) is 23.0 Å². The smallest absolute Gasteiger partial charge is 0.251 e. The lowest BCUT2D eigenvalue weighted by Gasteiger charge is -2.30. The molecule has 0 spiro atoms. The van der Waals surface area contributed by atoms with Gasteiger partial charge in [-0.15, -0.1) is 34.0 Å². The molecule has 132 heavy (non-hydrogen) atoms. The summed E-state index contributed by atoms with van der Waals surface area (Å²) < 4.78 is 36.2. The Hall–Kier alpha value is -12.9. The molecule has 1 saturated heterocycles. The van der Waals surface area contributed by atoms with Crippen molar-refractivity contribution in [2.24, 2.45) is 0 Å². The zero-order valence-corrected chi connectivity index (χ0v) is 80.7. The number of para-hydroxylation sites is 4. The van der Waals surface area contributed by atoms with Gasteiger partial charge in [0.25, 0.3) is 6.71 Å². The number of halogens is 3. The average molecular weight is 2000 g/mol. The Morgan fingerprint density at radius 1 is 0.258 bits per heavy atom. The maximum absolute atomic E-state index is 6.42. The topological polar surface area (TPSA) is 36.9 Å². The van der Waals surface area contributed by atoms with Crippen LogP contribution in [0.4, 0.5) is 0 Å². The molecule has 0 amide bonds. The van der Waals surface area contributed by atoms with Gasteiger partial charge in [-0.3, -0.25) is 0 Å². The van der Waals surface area contributed by atoms with Gasteiger partial charge >= 0.3 is 0 Å². The molecule has 638 valence electrons. The normalized spacial score (nSPS) is 12.9. The van der Waals surface area contributed by atoms with Crippen molar-refractivity contribution in [2.75, 3.05) is 0 Å². The van der Waals surface area contributed by atoms with Gasteiger partial charge in [0.2, 0.25) is 0 Å². The largest absolute Gasteiger partial charge is 0.458 e. The lowest BCUT2D eigenvalue weighted by molar-refractivity contribution is -0.0885. The highest BCUT2D eigenvalue weighted by Gasteiger charge is 2.50. The Balaban J connectivity index is 0.000000112. The molecule has 2 aliphatic heterocycles. The lowest BCUT2D eigenvalue weighted by Crippen LogP contribution is -2.55. The number of thiophene rings is 3. The van der Waals surface area contributed by atoms with Gasteiger partial charge in [0.15, 0.2) is 6.29 Å². The second kappa shape index (κ2) is 38.9. The highest BCUT2D eigenvalue weighted by molar-refractivity contribution is 14.1. The third-order valence-electron chi connectivity index (χ3n) is 24.9. The fraction of sp³-hybridized carbons (Fsp3) is 0.0579. The number of ether oxygens (including phenoxy) is 4. The second-order valence-corrected chi connectivity index (χ2v) is 39.6. The van der Waals surface area contributed by atoms with E-state index in [0.717, 1.165) is 33.0 Å². The molecule has 0 saturated carbocycles. The van der Waals surface area contributed by atoms with Gasteiger partial charge in [0.05, 0.1) is 11.2 Å². The number of fused-ring (bicyclic) bond motifs is 11. The molecule has 22 aromatic rings. The third kappa shape index (κ3) is 18.1. The molecule has 0 bridgehead atoms. The van der Waals surface area contributed by atoms with E-state index in [4.69, 9.17) is 18.9 Å². The third-order valence-corrected chi connectivity index (χ3v) is 31.8. The van der Waals surface area contributed by atoms with Crippen molar-refractivity contribution >= 4 is 172 Å². The minimum Gasteiger partial charge on any atom is -0.458 e. The Bertz CT molecular complexity index is 7790. The van der Waals surface area contributed by atoms with Gasteiger partial charge < -0.3 is 18.9 Å². The first kappa shape index (κ1) is 87.1. The Labute approximate surface area is 813 Å². The van der Waals surface area contributed by atoms with Gasteiger partial charge in [-0.05, 0) is 233 Å². The van der Waals surface area contributed by atoms with Gasteiger partial charge in [-0.2, -0.15) is 0 Å². The Kier molecular flexibility index (Phi) is 25.7. The zero-order chi connectivity index (χ0) is 89.7. The summed E-state index contributed by atoms with van der Waals surface area (Å²) in [6, 6.07) is 160. The monoisotopic (exact) mass is 2000 g/mol. The average Bonchev–Trinajstić information content (AvgIpc) is 1.40. The summed E-state index contributed by atoms with van der Waals surface area (Å²) >= 11 is 15.1. The number of hydrogen-bond donors (Lipinski definition) is 0. The fourth-order valence-electron chi connectivity index (χ4n) is 17.7. The molecule has 0 aliphatic carbocycles. The summed E-state index contributed by atoms with van der Waals surface area (Å²) in [6.07, 6.45) is -0.369. The summed E-state index contributed by atoms with van der Waals surface area (Å²) in [4.78, 5) is 0. The van der Waals surface area contributed by atoms with Gasteiger partial charge in [-0.1, -0.05) is 404 Å². The summed E-state index contributed by atoms with van der Waals surface area (Å²) in [5.74, 6) is 3.60. The molecule has 0 atom stereocenters. The van der Waals surface area contributed by atoms with E-state index in [1.165, 1.54) is 174 Å². The molecular weight excluding hydrogens is 1910 g/mol. The van der Waals surface area contributed by atoms with E-state index in [0.29, 0.717) is 0 Å². The van der Waals surface area contributed by atoms with E-state index in [9.17, 15) is 0 Å². The van der Waals surface area contributed by atoms with Crippen LogP contribution in [-0.4, -0.2) is 17.9 Å². The molecule has 5 heterocycles. The number of hydrogen-bond acceptors (Lipinski definition) is 7. The summed E-state index contributed by atoms with van der Waals surface area (Å²) in [5.41, 5.74) is 24.1. The van der Waals surface area contributed by atoms with E-state index in [-0.39, 0.29) is 24.2 Å². The maximum Gasteiger partial charge on any atom is 0.251 e. The van der Waals surface area contributed by atoms with E-state index in [1.54, 1.807) is 0 Å². The van der Waals surface area contributed by atoms with E-state index >= 15 is 0 Å². The molecular formula is C121H88BBr2IO4S3. The van der Waals surface area contributed by atoms with Gasteiger partial charge in [0, 0.05) is 84.2 Å². The van der Waals surface area contributed by atoms with Crippen LogP contribution in [0, 0.1) is 3.57 Å². The quantitative estimate of drug-likeness (QED) is 0.0902. The first-order valence-corrected chi connectivity index (χ1v) is 49.4. The van der Waals surface area contributed by atoms with Crippen LogP contribution in [0.25, 0.3) is 150 Å². The molecule has 11 heteroatoms. The SMILES string of the molecule is Brc1ccccc1-c1cccc2c1sc1c(-c3cccc(-c4ccccc4)c3)cccc12.Brc1ccccc1I.CC1(C)OC(c2cccc3c2sc2c(-c4cccc(-c5ccccc5)c4)cccc23)OC1(C)C.c1ccc(-c2cccc(-c3cccc4c3sc3c(-c5ccccc5B5c6ccccc6Oc6ccccc65)cccc34)c2)cc1.c1ccc(Oc2ccccc2)cc1. The molecule has 2 aliphatic rings. The predicted molar refractivity (Wildman–Crippen MR) is 580 cm³/mol. The lowest BCUT2D eigenvalue weighted by atomic mass is 9.35.